The van der Waals surface area contributed by atoms with Crippen molar-refractivity contribution < 1.29 is 4.74 Å². The second-order valence-corrected chi connectivity index (χ2v) is 5.44. The minimum absolute atomic E-state index is 0.0448. The van der Waals surface area contributed by atoms with Crippen molar-refractivity contribution in [1.29, 1.82) is 0 Å². The zero-order valence-electron chi connectivity index (χ0n) is 7.93. The highest BCUT2D eigenvalue weighted by Gasteiger charge is 2.03. The molecule has 0 aromatic carbocycles. The molecule has 1 N–H and O–H groups in total. The molecule has 0 aliphatic carbocycles. The predicted molar refractivity (Wildman–Crippen MR) is 65.2 cm³/mol. The van der Waals surface area contributed by atoms with E-state index in [0.717, 1.165) is 17.6 Å². The Bertz CT molecular complexity index is 269. The van der Waals surface area contributed by atoms with E-state index in [-0.39, 0.29) is 5.38 Å². The first-order chi connectivity index (χ1) is 6.72. The zero-order chi connectivity index (χ0) is 10.4. The van der Waals surface area contributed by atoms with Crippen LogP contribution >= 0.6 is 38.9 Å². The van der Waals surface area contributed by atoms with Gasteiger partial charge in [-0.05, 0) is 22.0 Å². The van der Waals surface area contributed by atoms with Gasteiger partial charge in [0.05, 0.1) is 12.0 Å². The summed E-state index contributed by atoms with van der Waals surface area (Å²) < 4.78 is 6.07. The van der Waals surface area contributed by atoms with Gasteiger partial charge in [-0.3, -0.25) is 0 Å². The summed E-state index contributed by atoms with van der Waals surface area (Å²) in [5.74, 6) is 0. The Morgan fingerprint density at radius 1 is 1.71 bits per heavy atom. The summed E-state index contributed by atoms with van der Waals surface area (Å²) in [6, 6.07) is 2.11. The van der Waals surface area contributed by atoms with Crippen molar-refractivity contribution in [2.75, 3.05) is 20.3 Å². The topological polar surface area (TPSA) is 21.3 Å². The summed E-state index contributed by atoms with van der Waals surface area (Å²) in [7, 11) is 1.66. The number of hydrogen-bond donors (Lipinski definition) is 1. The number of halogens is 2. The standard InChI is InChI=1S/C9H13BrClNOS/c1-13-5-8(11)3-12-4-9-2-7(10)6-14-9/h2,6,8,12H,3-5H2,1H3. The van der Waals surface area contributed by atoms with E-state index in [0.29, 0.717) is 6.61 Å². The van der Waals surface area contributed by atoms with Crippen LogP contribution in [0.25, 0.3) is 0 Å². The van der Waals surface area contributed by atoms with Crippen molar-refractivity contribution in [3.63, 3.8) is 0 Å². The number of alkyl halides is 1. The quantitative estimate of drug-likeness (QED) is 0.816. The van der Waals surface area contributed by atoms with E-state index in [2.05, 4.69) is 32.7 Å². The van der Waals surface area contributed by atoms with Crippen molar-refractivity contribution >= 4 is 38.9 Å². The highest BCUT2D eigenvalue weighted by Crippen LogP contribution is 2.19. The molecular weight excluding hydrogens is 286 g/mol. The predicted octanol–water partition coefficient (Wildman–Crippen LogP) is 2.85. The average molecular weight is 299 g/mol. The van der Waals surface area contributed by atoms with Gasteiger partial charge >= 0.3 is 0 Å². The molecule has 0 saturated heterocycles. The fourth-order valence-corrected chi connectivity index (χ4v) is 2.69. The highest BCUT2D eigenvalue weighted by molar-refractivity contribution is 9.10. The van der Waals surface area contributed by atoms with E-state index in [1.807, 2.05) is 0 Å². The Kier molecular flexibility index (Phi) is 6.05. The summed E-state index contributed by atoms with van der Waals surface area (Å²) in [5.41, 5.74) is 0. The zero-order valence-corrected chi connectivity index (χ0v) is 11.1. The molecule has 0 spiro atoms. The van der Waals surface area contributed by atoms with Crippen LogP contribution < -0.4 is 5.32 Å². The summed E-state index contributed by atoms with van der Waals surface area (Å²) in [5, 5.41) is 5.40. The van der Waals surface area contributed by atoms with Crippen LogP contribution in [0.2, 0.25) is 0 Å². The fraction of sp³-hybridized carbons (Fsp3) is 0.556. The minimum Gasteiger partial charge on any atom is -0.383 e. The molecule has 1 atom stereocenters. The lowest BCUT2D eigenvalue weighted by molar-refractivity contribution is 0.197. The summed E-state index contributed by atoms with van der Waals surface area (Å²) >= 11 is 11.1. The second-order valence-electron chi connectivity index (χ2n) is 2.91. The van der Waals surface area contributed by atoms with Gasteiger partial charge in [-0.2, -0.15) is 0 Å². The number of methoxy groups -OCH3 is 1. The smallest absolute Gasteiger partial charge is 0.0694 e. The minimum atomic E-state index is 0.0448. The maximum absolute atomic E-state index is 5.96. The Balaban J connectivity index is 2.15. The molecular formula is C9H13BrClNOS. The van der Waals surface area contributed by atoms with Gasteiger partial charge < -0.3 is 10.1 Å². The van der Waals surface area contributed by atoms with Gasteiger partial charge in [-0.25, -0.2) is 0 Å². The molecule has 0 aliphatic rings. The summed E-state index contributed by atoms with van der Waals surface area (Å²) in [6.45, 7) is 2.22. The van der Waals surface area contributed by atoms with Crippen molar-refractivity contribution in [2.24, 2.45) is 0 Å². The van der Waals surface area contributed by atoms with Crippen LogP contribution in [0.3, 0.4) is 0 Å². The van der Waals surface area contributed by atoms with Gasteiger partial charge in [0.1, 0.15) is 0 Å². The maximum atomic E-state index is 5.96. The molecule has 0 bridgehead atoms. The van der Waals surface area contributed by atoms with Crippen LogP contribution in [0.5, 0.6) is 0 Å². The van der Waals surface area contributed by atoms with Gasteiger partial charge in [-0.1, -0.05) is 0 Å². The number of hydrogen-bond acceptors (Lipinski definition) is 3. The molecule has 1 aromatic heterocycles. The maximum Gasteiger partial charge on any atom is 0.0694 e. The van der Waals surface area contributed by atoms with Gasteiger partial charge in [0.2, 0.25) is 0 Å². The van der Waals surface area contributed by atoms with Crippen molar-refractivity contribution in [3.8, 4) is 0 Å². The molecule has 0 aliphatic heterocycles. The lowest BCUT2D eigenvalue weighted by atomic mass is 10.4. The molecule has 1 rings (SSSR count). The molecule has 0 saturated carbocycles. The van der Waals surface area contributed by atoms with E-state index < -0.39 is 0 Å². The van der Waals surface area contributed by atoms with E-state index in [9.17, 15) is 0 Å². The average Bonchev–Trinajstić information content (AvgIpc) is 2.52. The SMILES string of the molecule is COCC(Cl)CNCc1cc(Br)cs1. The van der Waals surface area contributed by atoms with Crippen LogP contribution in [-0.2, 0) is 11.3 Å². The number of ether oxygens (including phenoxy) is 1. The first-order valence-electron chi connectivity index (χ1n) is 4.29. The summed E-state index contributed by atoms with van der Waals surface area (Å²) in [6.07, 6.45) is 0. The first-order valence-corrected chi connectivity index (χ1v) is 6.40. The monoisotopic (exact) mass is 297 g/mol. The van der Waals surface area contributed by atoms with Crippen LogP contribution in [0.15, 0.2) is 15.9 Å². The Labute approximate surface area is 102 Å². The Morgan fingerprint density at radius 2 is 2.50 bits per heavy atom. The molecule has 14 heavy (non-hydrogen) atoms. The van der Waals surface area contributed by atoms with E-state index in [1.165, 1.54) is 4.88 Å². The van der Waals surface area contributed by atoms with Gasteiger partial charge in [-0.15, -0.1) is 22.9 Å². The van der Waals surface area contributed by atoms with E-state index >= 15 is 0 Å². The molecule has 1 aromatic rings. The molecule has 0 amide bonds. The van der Waals surface area contributed by atoms with Crippen LogP contribution in [0.4, 0.5) is 0 Å². The number of thiophene rings is 1. The Hall–Kier alpha value is 0.390. The molecule has 0 radical (unpaired) electrons. The van der Waals surface area contributed by atoms with Crippen molar-refractivity contribution in [3.05, 3.63) is 20.8 Å². The fourth-order valence-electron chi connectivity index (χ4n) is 1.04. The van der Waals surface area contributed by atoms with Gasteiger partial charge in [0.25, 0.3) is 0 Å². The first kappa shape index (κ1) is 12.5. The van der Waals surface area contributed by atoms with Crippen LogP contribution in [-0.4, -0.2) is 25.6 Å². The third kappa shape index (κ3) is 4.75. The lowest BCUT2D eigenvalue weighted by Crippen LogP contribution is -2.25. The largest absolute Gasteiger partial charge is 0.383 e. The summed E-state index contributed by atoms with van der Waals surface area (Å²) in [4.78, 5) is 1.30. The molecule has 5 heteroatoms. The molecule has 2 nitrogen and oxygen atoms in total. The lowest BCUT2D eigenvalue weighted by Gasteiger charge is -2.08. The third-order valence-electron chi connectivity index (χ3n) is 1.63. The van der Waals surface area contributed by atoms with E-state index in [1.54, 1.807) is 18.4 Å². The highest BCUT2D eigenvalue weighted by atomic mass is 79.9. The van der Waals surface area contributed by atoms with Gasteiger partial charge in [0.15, 0.2) is 0 Å². The number of nitrogens with one attached hydrogen (secondary N) is 1. The second kappa shape index (κ2) is 6.80. The molecule has 0 fully saturated rings. The van der Waals surface area contributed by atoms with Gasteiger partial charge in [0, 0.05) is 34.9 Å². The van der Waals surface area contributed by atoms with Crippen LogP contribution in [0.1, 0.15) is 4.88 Å². The molecule has 80 valence electrons. The van der Waals surface area contributed by atoms with Crippen molar-refractivity contribution in [1.82, 2.24) is 5.32 Å². The van der Waals surface area contributed by atoms with E-state index in [4.69, 9.17) is 16.3 Å². The van der Waals surface area contributed by atoms with Crippen LogP contribution in [0, 0.1) is 0 Å². The molecule has 1 unspecified atom stereocenters. The number of rotatable bonds is 6. The van der Waals surface area contributed by atoms with Crippen molar-refractivity contribution in [2.45, 2.75) is 11.9 Å². The Morgan fingerprint density at radius 3 is 3.07 bits per heavy atom. The third-order valence-corrected chi connectivity index (χ3v) is 3.61. The normalized spacial score (nSPS) is 13.1. The molecule has 1 heterocycles.